The number of aliphatic imine (C=N–C) groups is 1. The van der Waals surface area contributed by atoms with Gasteiger partial charge in [-0.1, -0.05) is 0 Å². The molecule has 7 nitrogen and oxygen atoms in total. The van der Waals surface area contributed by atoms with Crippen molar-refractivity contribution in [3.05, 3.63) is 0 Å². The van der Waals surface area contributed by atoms with Gasteiger partial charge in [0.25, 0.3) is 0 Å². The average molecular weight is 309 g/mol. The largest absolute Gasteiger partial charge is 0.370 e. The molecule has 1 atom stereocenters. The van der Waals surface area contributed by atoms with Crippen molar-refractivity contribution in [3.8, 4) is 0 Å². The van der Waals surface area contributed by atoms with Gasteiger partial charge in [-0.25, -0.2) is 4.99 Å². The van der Waals surface area contributed by atoms with Gasteiger partial charge in [0, 0.05) is 39.6 Å². The number of nitrogens with two attached hydrogens (primary N) is 1. The van der Waals surface area contributed by atoms with E-state index >= 15 is 0 Å². The number of rotatable bonds is 5. The lowest BCUT2D eigenvalue weighted by Gasteiger charge is -2.34. The Morgan fingerprint density at radius 1 is 1.32 bits per heavy atom. The number of nitrogens with one attached hydrogen (secondary N) is 1. The Morgan fingerprint density at radius 2 is 2.05 bits per heavy atom. The van der Waals surface area contributed by atoms with Crippen molar-refractivity contribution >= 4 is 17.8 Å². The van der Waals surface area contributed by atoms with Crippen LogP contribution < -0.4 is 11.1 Å². The predicted molar refractivity (Wildman–Crippen MR) is 85.3 cm³/mol. The van der Waals surface area contributed by atoms with Crippen LogP contribution in [0.15, 0.2) is 4.99 Å². The molecule has 0 spiro atoms. The molecule has 3 N–H and O–H groups in total. The van der Waals surface area contributed by atoms with Crippen LogP contribution in [0.2, 0.25) is 0 Å². The minimum atomic E-state index is -0.247. The van der Waals surface area contributed by atoms with E-state index in [0.29, 0.717) is 12.5 Å². The second-order valence-corrected chi connectivity index (χ2v) is 6.47. The normalized spacial score (nSPS) is 22.4. The summed E-state index contributed by atoms with van der Waals surface area (Å²) in [4.78, 5) is 31.1. The van der Waals surface area contributed by atoms with E-state index in [-0.39, 0.29) is 24.3 Å². The van der Waals surface area contributed by atoms with Crippen molar-refractivity contribution in [2.45, 2.75) is 38.1 Å². The molecule has 0 aromatic carbocycles. The molecular weight excluding hydrogens is 282 g/mol. The van der Waals surface area contributed by atoms with Gasteiger partial charge in [-0.15, -0.1) is 0 Å². The molecule has 0 aromatic heterocycles. The molecule has 7 heteroatoms. The maximum Gasteiger partial charge on any atom is 0.243 e. The minimum absolute atomic E-state index is 0.0132. The Bertz CT molecular complexity index is 445. The Morgan fingerprint density at radius 3 is 2.64 bits per heavy atom. The van der Waals surface area contributed by atoms with Crippen LogP contribution in [-0.4, -0.2) is 67.3 Å². The standard InChI is InChI=1S/C15H27N5O2/c1-19(2)14(22)9-17-15(18-12-5-6-12)20-7-3-4-11(10-20)8-13(16)21/h11-12H,3-10H2,1-2H3,(H2,16,21)(H,17,18). The van der Waals surface area contributed by atoms with E-state index in [0.717, 1.165) is 44.7 Å². The maximum atomic E-state index is 11.8. The lowest BCUT2D eigenvalue weighted by molar-refractivity contribution is -0.127. The second kappa shape index (κ2) is 7.47. The number of guanidine groups is 1. The summed E-state index contributed by atoms with van der Waals surface area (Å²) in [6, 6.07) is 0.477. The SMILES string of the molecule is CN(C)C(=O)CN=C(NC1CC1)N1CCCC(CC(N)=O)C1. The van der Waals surface area contributed by atoms with Crippen LogP contribution in [0, 0.1) is 5.92 Å². The molecule has 2 fully saturated rings. The van der Waals surface area contributed by atoms with Crippen molar-refractivity contribution < 1.29 is 9.59 Å². The van der Waals surface area contributed by atoms with Crippen LogP contribution in [0.1, 0.15) is 32.1 Å². The van der Waals surface area contributed by atoms with Crippen LogP contribution in [0.3, 0.4) is 0 Å². The van der Waals surface area contributed by atoms with Gasteiger partial charge in [0.1, 0.15) is 6.54 Å². The van der Waals surface area contributed by atoms with Gasteiger partial charge in [0.05, 0.1) is 0 Å². The number of primary amides is 1. The van der Waals surface area contributed by atoms with Gasteiger partial charge in [-0.3, -0.25) is 9.59 Å². The molecule has 22 heavy (non-hydrogen) atoms. The first-order chi connectivity index (χ1) is 10.5. The fourth-order valence-electron chi connectivity index (χ4n) is 2.64. The molecule has 1 saturated carbocycles. The van der Waals surface area contributed by atoms with E-state index in [2.05, 4.69) is 15.2 Å². The molecule has 0 aromatic rings. The molecule has 0 radical (unpaired) electrons. The van der Waals surface area contributed by atoms with Gasteiger partial charge in [-0.2, -0.15) is 0 Å². The summed E-state index contributed by atoms with van der Waals surface area (Å²) in [7, 11) is 3.46. The van der Waals surface area contributed by atoms with Crippen molar-refractivity contribution in [2.75, 3.05) is 33.7 Å². The molecule has 1 aliphatic carbocycles. The van der Waals surface area contributed by atoms with E-state index in [9.17, 15) is 9.59 Å². The van der Waals surface area contributed by atoms with Crippen LogP contribution in [-0.2, 0) is 9.59 Å². The van der Waals surface area contributed by atoms with E-state index in [1.165, 1.54) is 0 Å². The van der Waals surface area contributed by atoms with Crippen LogP contribution >= 0.6 is 0 Å². The van der Waals surface area contributed by atoms with Gasteiger partial charge in [-0.05, 0) is 31.6 Å². The molecule has 1 saturated heterocycles. The summed E-state index contributed by atoms with van der Waals surface area (Å²) in [5.41, 5.74) is 5.31. The first kappa shape index (κ1) is 16.6. The summed E-state index contributed by atoms with van der Waals surface area (Å²) in [6.07, 6.45) is 4.76. The highest BCUT2D eigenvalue weighted by Gasteiger charge is 2.28. The van der Waals surface area contributed by atoms with Gasteiger partial charge in [0.15, 0.2) is 5.96 Å². The maximum absolute atomic E-state index is 11.8. The predicted octanol–water partition coefficient (Wildman–Crippen LogP) is -0.230. The Hall–Kier alpha value is -1.79. The van der Waals surface area contributed by atoms with Crippen molar-refractivity contribution in [1.29, 1.82) is 0 Å². The Kier molecular flexibility index (Phi) is 5.63. The fourth-order valence-corrected chi connectivity index (χ4v) is 2.64. The zero-order chi connectivity index (χ0) is 16.1. The zero-order valence-electron chi connectivity index (χ0n) is 13.5. The summed E-state index contributed by atoms with van der Waals surface area (Å²) in [6.45, 7) is 1.83. The number of likely N-dealkylation sites (N-methyl/N-ethyl adjacent to an activating group) is 1. The molecule has 124 valence electrons. The monoisotopic (exact) mass is 309 g/mol. The number of hydrogen-bond donors (Lipinski definition) is 2. The van der Waals surface area contributed by atoms with Crippen molar-refractivity contribution in [3.63, 3.8) is 0 Å². The molecule has 1 heterocycles. The second-order valence-electron chi connectivity index (χ2n) is 6.47. The Labute approximate surface area is 131 Å². The molecule has 2 amide bonds. The van der Waals surface area contributed by atoms with Gasteiger partial charge >= 0.3 is 0 Å². The first-order valence-corrected chi connectivity index (χ1v) is 8.00. The summed E-state index contributed by atoms with van der Waals surface area (Å²) in [5.74, 6) is 0.818. The third-order valence-electron chi connectivity index (χ3n) is 4.08. The van der Waals surface area contributed by atoms with Crippen molar-refractivity contribution in [2.24, 2.45) is 16.6 Å². The smallest absolute Gasteiger partial charge is 0.243 e. The number of carbonyl (C=O) groups excluding carboxylic acids is 2. The summed E-state index contributed by atoms with van der Waals surface area (Å²) < 4.78 is 0. The zero-order valence-corrected chi connectivity index (χ0v) is 13.5. The van der Waals surface area contributed by atoms with Crippen LogP contribution in [0.4, 0.5) is 0 Å². The quantitative estimate of drug-likeness (QED) is 0.542. The van der Waals surface area contributed by atoms with E-state index < -0.39 is 0 Å². The van der Waals surface area contributed by atoms with Gasteiger partial charge in [0.2, 0.25) is 11.8 Å². The number of likely N-dealkylation sites (tertiary alicyclic amines) is 1. The molecular formula is C15H27N5O2. The first-order valence-electron chi connectivity index (χ1n) is 8.00. The topological polar surface area (TPSA) is 91.0 Å². The third-order valence-corrected chi connectivity index (χ3v) is 4.08. The lowest BCUT2D eigenvalue weighted by Crippen LogP contribution is -2.48. The minimum Gasteiger partial charge on any atom is -0.370 e. The molecule has 2 rings (SSSR count). The van der Waals surface area contributed by atoms with Crippen LogP contribution in [0.5, 0.6) is 0 Å². The highest BCUT2D eigenvalue weighted by atomic mass is 16.2. The highest BCUT2D eigenvalue weighted by molar-refractivity contribution is 5.85. The molecule has 0 bridgehead atoms. The fraction of sp³-hybridized carbons (Fsp3) is 0.800. The number of hydrogen-bond acceptors (Lipinski definition) is 3. The number of piperidine rings is 1. The van der Waals surface area contributed by atoms with E-state index in [1.807, 2.05) is 0 Å². The van der Waals surface area contributed by atoms with Gasteiger partial charge < -0.3 is 20.9 Å². The number of nitrogens with zero attached hydrogens (tertiary/aromatic N) is 3. The van der Waals surface area contributed by atoms with Crippen LogP contribution in [0.25, 0.3) is 0 Å². The third kappa shape index (κ3) is 5.20. The lowest BCUT2D eigenvalue weighted by atomic mass is 9.95. The van der Waals surface area contributed by atoms with Crippen molar-refractivity contribution in [1.82, 2.24) is 15.1 Å². The molecule has 1 unspecified atom stereocenters. The van der Waals surface area contributed by atoms with E-state index in [1.54, 1.807) is 19.0 Å². The van der Waals surface area contributed by atoms with E-state index in [4.69, 9.17) is 5.73 Å². The summed E-state index contributed by atoms with van der Waals surface area (Å²) >= 11 is 0. The number of carbonyl (C=O) groups is 2. The summed E-state index contributed by atoms with van der Waals surface area (Å²) in [5, 5.41) is 3.42. The number of amides is 2. The molecule has 1 aliphatic heterocycles. The average Bonchev–Trinajstić information content (AvgIpc) is 3.26. The molecule has 2 aliphatic rings. The highest BCUT2D eigenvalue weighted by Crippen LogP contribution is 2.22. The Balaban J connectivity index is 1.98.